The monoisotopic (exact) mass is 277 g/mol. The second-order valence-corrected chi connectivity index (χ2v) is 4.22. The second kappa shape index (κ2) is 5.44. The van der Waals surface area contributed by atoms with E-state index >= 15 is 0 Å². The number of hydrogen-bond acceptors (Lipinski definition) is 3. The van der Waals surface area contributed by atoms with Crippen LogP contribution in [0.3, 0.4) is 0 Å². The average molecular weight is 278 g/mol. The van der Waals surface area contributed by atoms with Crippen LogP contribution in [0.2, 0.25) is 0 Å². The van der Waals surface area contributed by atoms with Crippen molar-refractivity contribution in [3.63, 3.8) is 0 Å². The van der Waals surface area contributed by atoms with Crippen LogP contribution in [0.5, 0.6) is 0 Å². The summed E-state index contributed by atoms with van der Waals surface area (Å²) in [6, 6.07) is 3.26. The number of aryl methyl sites for hydroxylation is 1. The van der Waals surface area contributed by atoms with Crippen molar-refractivity contribution in [3.05, 3.63) is 28.0 Å². The van der Waals surface area contributed by atoms with Crippen LogP contribution in [0.25, 0.3) is 0 Å². The van der Waals surface area contributed by atoms with Gasteiger partial charge in [-0.2, -0.15) is 0 Å². The van der Waals surface area contributed by atoms with Gasteiger partial charge in [0.15, 0.2) is 0 Å². The summed E-state index contributed by atoms with van der Waals surface area (Å²) in [4.78, 5) is 0. The molecule has 0 aliphatic carbocycles. The van der Waals surface area contributed by atoms with Crippen molar-refractivity contribution in [2.75, 3.05) is 18.5 Å². The molecule has 1 rings (SSSR count). The predicted octanol–water partition coefficient (Wildman–Crippen LogP) is 1.66. The zero-order valence-corrected chi connectivity index (χ0v) is 9.88. The number of benzene rings is 1. The topological polar surface area (TPSA) is 52.5 Å². The molecule has 5 heteroatoms. The fourth-order valence-corrected chi connectivity index (χ4v) is 1.72. The zero-order valence-electron chi connectivity index (χ0n) is 8.30. The summed E-state index contributed by atoms with van der Waals surface area (Å²) >= 11 is 3.25. The molecule has 0 aliphatic heterocycles. The maximum atomic E-state index is 13.5. The SMILES string of the molecule is Cc1cc(Br)cc(NCC(O)CO)c1F. The van der Waals surface area contributed by atoms with Gasteiger partial charge in [-0.3, -0.25) is 0 Å². The Labute approximate surface area is 96.1 Å². The van der Waals surface area contributed by atoms with Crippen molar-refractivity contribution in [1.29, 1.82) is 0 Å². The molecule has 0 aromatic heterocycles. The van der Waals surface area contributed by atoms with Gasteiger partial charge >= 0.3 is 0 Å². The lowest BCUT2D eigenvalue weighted by Gasteiger charge is -2.12. The minimum absolute atomic E-state index is 0.114. The Balaban J connectivity index is 2.76. The van der Waals surface area contributed by atoms with E-state index in [0.717, 1.165) is 4.47 Å². The van der Waals surface area contributed by atoms with Gasteiger partial charge < -0.3 is 15.5 Å². The average Bonchev–Trinajstić information content (AvgIpc) is 2.20. The van der Waals surface area contributed by atoms with E-state index in [1.165, 1.54) is 0 Å². The third-order valence-corrected chi connectivity index (χ3v) is 2.42. The largest absolute Gasteiger partial charge is 0.394 e. The van der Waals surface area contributed by atoms with Crippen molar-refractivity contribution in [1.82, 2.24) is 0 Å². The predicted molar refractivity (Wildman–Crippen MR) is 60.4 cm³/mol. The van der Waals surface area contributed by atoms with Gasteiger partial charge in [0.25, 0.3) is 0 Å². The molecule has 0 amide bonds. The highest BCUT2D eigenvalue weighted by molar-refractivity contribution is 9.10. The van der Waals surface area contributed by atoms with Gasteiger partial charge in [-0.05, 0) is 24.6 Å². The first kappa shape index (κ1) is 12.4. The van der Waals surface area contributed by atoms with Crippen molar-refractivity contribution in [2.45, 2.75) is 13.0 Å². The van der Waals surface area contributed by atoms with Gasteiger partial charge in [-0.1, -0.05) is 15.9 Å². The molecular formula is C10H13BrFNO2. The summed E-state index contributed by atoms with van der Waals surface area (Å²) < 4.78 is 14.3. The number of halogens is 2. The molecule has 1 aromatic carbocycles. The van der Waals surface area contributed by atoms with Gasteiger partial charge in [0.2, 0.25) is 0 Å². The van der Waals surface area contributed by atoms with E-state index in [1.54, 1.807) is 19.1 Å². The summed E-state index contributed by atoms with van der Waals surface area (Å²) in [5, 5.41) is 20.4. The maximum absolute atomic E-state index is 13.5. The molecule has 0 radical (unpaired) electrons. The highest BCUT2D eigenvalue weighted by Gasteiger charge is 2.08. The summed E-state index contributed by atoms with van der Waals surface area (Å²) in [7, 11) is 0. The van der Waals surface area contributed by atoms with Crippen LogP contribution in [0, 0.1) is 12.7 Å². The number of aliphatic hydroxyl groups is 2. The molecule has 15 heavy (non-hydrogen) atoms. The Bertz CT molecular complexity index is 346. The van der Waals surface area contributed by atoms with Crippen molar-refractivity contribution >= 4 is 21.6 Å². The summed E-state index contributed by atoms with van der Waals surface area (Å²) in [5.74, 6) is -0.344. The summed E-state index contributed by atoms with van der Waals surface area (Å²) in [6.07, 6.45) is -0.885. The fraction of sp³-hybridized carbons (Fsp3) is 0.400. The highest BCUT2D eigenvalue weighted by Crippen LogP contribution is 2.23. The van der Waals surface area contributed by atoms with E-state index in [9.17, 15) is 4.39 Å². The lowest BCUT2D eigenvalue weighted by molar-refractivity contribution is 0.105. The molecule has 1 aromatic rings. The van der Waals surface area contributed by atoms with E-state index in [0.29, 0.717) is 11.3 Å². The fourth-order valence-electron chi connectivity index (χ4n) is 1.15. The number of anilines is 1. The van der Waals surface area contributed by atoms with Gasteiger partial charge in [0.05, 0.1) is 18.4 Å². The quantitative estimate of drug-likeness (QED) is 0.785. The van der Waals surface area contributed by atoms with Crippen LogP contribution in [0.4, 0.5) is 10.1 Å². The minimum atomic E-state index is -0.885. The first-order valence-corrected chi connectivity index (χ1v) is 5.32. The van der Waals surface area contributed by atoms with Crippen LogP contribution < -0.4 is 5.32 Å². The molecule has 3 nitrogen and oxygen atoms in total. The molecule has 0 saturated heterocycles. The molecule has 0 spiro atoms. The van der Waals surface area contributed by atoms with E-state index in [2.05, 4.69) is 21.2 Å². The Kier molecular flexibility index (Phi) is 4.50. The zero-order chi connectivity index (χ0) is 11.4. The standard InChI is InChI=1S/C10H13BrFNO2/c1-6-2-7(11)3-9(10(6)12)13-4-8(15)5-14/h2-3,8,13-15H,4-5H2,1H3. The first-order valence-electron chi connectivity index (χ1n) is 4.53. The smallest absolute Gasteiger partial charge is 0.149 e. The van der Waals surface area contributed by atoms with Gasteiger partial charge in [0, 0.05) is 11.0 Å². The Morgan fingerprint density at radius 1 is 1.53 bits per heavy atom. The molecule has 1 atom stereocenters. The van der Waals surface area contributed by atoms with Crippen LogP contribution in [0.1, 0.15) is 5.56 Å². The Morgan fingerprint density at radius 3 is 2.80 bits per heavy atom. The number of nitrogens with one attached hydrogen (secondary N) is 1. The third kappa shape index (κ3) is 3.44. The van der Waals surface area contributed by atoms with Gasteiger partial charge in [-0.15, -0.1) is 0 Å². The summed E-state index contributed by atoms with van der Waals surface area (Å²) in [6.45, 7) is 1.43. The van der Waals surface area contributed by atoms with Gasteiger partial charge in [0.1, 0.15) is 5.82 Å². The molecule has 0 heterocycles. The maximum Gasteiger partial charge on any atom is 0.149 e. The Morgan fingerprint density at radius 2 is 2.20 bits per heavy atom. The van der Waals surface area contributed by atoms with Crippen molar-refractivity contribution in [3.8, 4) is 0 Å². The van der Waals surface area contributed by atoms with Crippen LogP contribution >= 0.6 is 15.9 Å². The Hall–Kier alpha value is -0.650. The third-order valence-electron chi connectivity index (χ3n) is 1.96. The molecule has 84 valence electrons. The molecule has 1 unspecified atom stereocenters. The first-order chi connectivity index (χ1) is 7.04. The summed E-state index contributed by atoms with van der Waals surface area (Å²) in [5.41, 5.74) is 0.833. The normalized spacial score (nSPS) is 12.6. The van der Waals surface area contributed by atoms with E-state index < -0.39 is 6.10 Å². The van der Waals surface area contributed by atoms with E-state index in [1.807, 2.05) is 0 Å². The molecule has 0 saturated carbocycles. The molecule has 0 bridgehead atoms. The van der Waals surface area contributed by atoms with Crippen LogP contribution in [-0.4, -0.2) is 29.5 Å². The van der Waals surface area contributed by atoms with Crippen LogP contribution in [0.15, 0.2) is 16.6 Å². The highest BCUT2D eigenvalue weighted by atomic mass is 79.9. The minimum Gasteiger partial charge on any atom is -0.394 e. The van der Waals surface area contributed by atoms with Crippen LogP contribution in [-0.2, 0) is 0 Å². The lowest BCUT2D eigenvalue weighted by atomic mass is 10.2. The lowest BCUT2D eigenvalue weighted by Crippen LogP contribution is -2.23. The number of rotatable bonds is 4. The van der Waals surface area contributed by atoms with Gasteiger partial charge in [-0.25, -0.2) is 4.39 Å². The molecule has 0 aliphatic rings. The van der Waals surface area contributed by atoms with E-state index in [4.69, 9.17) is 10.2 Å². The van der Waals surface area contributed by atoms with Crippen molar-refractivity contribution < 1.29 is 14.6 Å². The second-order valence-electron chi connectivity index (χ2n) is 3.30. The molecule has 0 fully saturated rings. The van der Waals surface area contributed by atoms with Crippen molar-refractivity contribution in [2.24, 2.45) is 0 Å². The molecule has 3 N–H and O–H groups in total. The number of aliphatic hydroxyl groups excluding tert-OH is 2. The molecular weight excluding hydrogens is 265 g/mol. The number of hydrogen-bond donors (Lipinski definition) is 3. The van der Waals surface area contributed by atoms with E-state index in [-0.39, 0.29) is 19.0 Å².